The van der Waals surface area contributed by atoms with E-state index in [4.69, 9.17) is 21.1 Å². The summed E-state index contributed by atoms with van der Waals surface area (Å²) in [5.41, 5.74) is 4.55. The van der Waals surface area contributed by atoms with Crippen molar-refractivity contribution in [2.45, 2.75) is 19.0 Å². The number of primary amides is 1. The quantitative estimate of drug-likeness (QED) is 0.186. The molecule has 0 unspecified atom stereocenters. The molecule has 0 aromatic heterocycles. The number of hydrogen-bond donors (Lipinski definition) is 2. The van der Waals surface area contributed by atoms with Gasteiger partial charge in [0, 0.05) is 42.2 Å². The van der Waals surface area contributed by atoms with Crippen molar-refractivity contribution < 1.29 is 37.0 Å². The van der Waals surface area contributed by atoms with Crippen LogP contribution in [-0.4, -0.2) is 37.0 Å². The van der Waals surface area contributed by atoms with Gasteiger partial charge in [-0.2, -0.15) is 13.2 Å². The maximum Gasteiger partial charge on any atom is 0.416 e. The molecular formula is C28H25F3N4O5. The summed E-state index contributed by atoms with van der Waals surface area (Å²) in [7, 11) is 2.78. The molecule has 1 aliphatic heterocycles. The summed E-state index contributed by atoms with van der Waals surface area (Å²) >= 11 is 0. The lowest BCUT2D eigenvalue weighted by atomic mass is 9.98. The molecule has 0 aliphatic carbocycles. The highest BCUT2D eigenvalue weighted by molar-refractivity contribution is 6.40. The van der Waals surface area contributed by atoms with Gasteiger partial charge in [-0.25, -0.2) is 10.9 Å². The van der Waals surface area contributed by atoms with E-state index in [1.807, 2.05) is 0 Å². The number of ether oxygens (including phenoxy) is 2. The van der Waals surface area contributed by atoms with Gasteiger partial charge in [-0.3, -0.25) is 19.3 Å². The van der Waals surface area contributed by atoms with Crippen LogP contribution in [0, 0.1) is 0 Å². The monoisotopic (exact) mass is 554 g/mol. The van der Waals surface area contributed by atoms with E-state index < -0.39 is 29.5 Å². The smallest absolute Gasteiger partial charge is 0.416 e. The predicted octanol–water partition coefficient (Wildman–Crippen LogP) is 4.24. The van der Waals surface area contributed by atoms with Crippen molar-refractivity contribution in [2.75, 3.05) is 19.1 Å². The first kappa shape index (κ1) is 28.2. The van der Waals surface area contributed by atoms with Crippen LogP contribution in [0.15, 0.2) is 66.7 Å². The molecule has 9 nitrogen and oxygen atoms in total. The number of halogens is 3. The third-order valence-electron chi connectivity index (χ3n) is 6.23. The van der Waals surface area contributed by atoms with Crippen LogP contribution < -0.4 is 25.9 Å². The van der Waals surface area contributed by atoms with Crippen LogP contribution >= 0.6 is 0 Å². The van der Waals surface area contributed by atoms with Gasteiger partial charge in [0.1, 0.15) is 11.5 Å². The summed E-state index contributed by atoms with van der Waals surface area (Å²) in [6.07, 6.45) is -5.34. The van der Waals surface area contributed by atoms with Crippen molar-refractivity contribution in [3.63, 3.8) is 0 Å². The molecule has 3 amide bonds. The Morgan fingerprint density at radius 1 is 0.925 bits per heavy atom. The van der Waals surface area contributed by atoms with Crippen molar-refractivity contribution in [2.24, 2.45) is 11.6 Å². The van der Waals surface area contributed by atoms with Crippen molar-refractivity contribution in [3.8, 4) is 11.5 Å². The second-order valence-electron chi connectivity index (χ2n) is 8.76. The molecule has 0 bridgehead atoms. The number of anilines is 2. The fourth-order valence-electron chi connectivity index (χ4n) is 4.32. The summed E-state index contributed by atoms with van der Waals surface area (Å²) < 4.78 is 51.9. The Morgan fingerprint density at radius 3 is 2.10 bits per heavy atom. The minimum Gasteiger partial charge on any atom is -0.497 e. The summed E-state index contributed by atoms with van der Waals surface area (Å²) in [5.74, 6) is 4.61. The van der Waals surface area contributed by atoms with Crippen LogP contribution in [0.2, 0.25) is 0 Å². The Morgan fingerprint density at radius 2 is 1.55 bits per heavy atom. The van der Waals surface area contributed by atoms with Gasteiger partial charge in [0.15, 0.2) is 0 Å². The molecule has 0 fully saturated rings. The van der Waals surface area contributed by atoms with E-state index in [1.165, 1.54) is 26.4 Å². The number of nitrogens with two attached hydrogens (primary N) is 2. The van der Waals surface area contributed by atoms with Crippen LogP contribution in [0.4, 0.5) is 24.5 Å². The number of hydrogen-bond acceptors (Lipinski definition) is 6. The Kier molecular flexibility index (Phi) is 7.82. The maximum atomic E-state index is 14.2. The molecule has 3 aromatic rings. The lowest BCUT2D eigenvalue weighted by molar-refractivity contribution is -0.137. The number of benzene rings is 3. The zero-order valence-electron chi connectivity index (χ0n) is 21.5. The predicted molar refractivity (Wildman–Crippen MR) is 141 cm³/mol. The number of amides is 3. The van der Waals surface area contributed by atoms with Crippen molar-refractivity contribution in [1.82, 2.24) is 5.01 Å². The first-order valence-corrected chi connectivity index (χ1v) is 11.9. The summed E-state index contributed by atoms with van der Waals surface area (Å²) in [4.78, 5) is 39.5. The van der Waals surface area contributed by atoms with Crippen molar-refractivity contribution >= 4 is 40.4 Å². The van der Waals surface area contributed by atoms with Gasteiger partial charge in [-0.1, -0.05) is 36.4 Å². The molecule has 1 aliphatic rings. The van der Waals surface area contributed by atoms with Gasteiger partial charge < -0.3 is 15.2 Å². The minimum absolute atomic E-state index is 0.0570. The van der Waals surface area contributed by atoms with Crippen LogP contribution in [0.5, 0.6) is 11.5 Å². The first-order chi connectivity index (χ1) is 19.0. The topological polar surface area (TPSA) is 128 Å². The van der Waals surface area contributed by atoms with Crippen LogP contribution in [-0.2, 0) is 20.6 Å². The van der Waals surface area contributed by atoms with E-state index in [2.05, 4.69) is 0 Å². The number of carbonyl (C=O) groups excluding carboxylic acids is 3. The third kappa shape index (κ3) is 5.47. The summed E-state index contributed by atoms with van der Waals surface area (Å²) in [6, 6.07) is 15.5. The molecule has 3 aromatic carbocycles. The number of fused-ring (bicyclic) bond motifs is 1. The van der Waals surface area contributed by atoms with Crippen molar-refractivity contribution in [1.29, 1.82) is 0 Å². The molecule has 0 saturated carbocycles. The number of nitrogens with zero attached hydrogens (tertiary/aromatic N) is 2. The van der Waals surface area contributed by atoms with E-state index in [0.29, 0.717) is 17.1 Å². The lowest BCUT2D eigenvalue weighted by Gasteiger charge is -2.23. The van der Waals surface area contributed by atoms with Gasteiger partial charge in [0.05, 0.1) is 42.4 Å². The number of carbonyl (C=O) groups is 3. The molecule has 1 heterocycles. The molecule has 4 N–H and O–H groups in total. The molecule has 12 heteroatoms. The zero-order valence-corrected chi connectivity index (χ0v) is 21.5. The first-order valence-electron chi connectivity index (χ1n) is 11.9. The van der Waals surface area contributed by atoms with Crippen LogP contribution in [0.1, 0.15) is 29.5 Å². The molecule has 0 saturated heterocycles. The standard InChI is InChI=1S/C28H25F3N4O5/c1-39-19-13-18(14-20(15-19)40-2)34-22-12-17(28(29,30)31)8-9-21(22)25(27(34)38)26(16-6-4-3-5-7-16)35(33)24(37)11-10-23(32)36/h3-9,12-15H,10-11,33H2,1-2H3,(H2,32,36)/b26-25-. The third-order valence-corrected chi connectivity index (χ3v) is 6.23. The zero-order chi connectivity index (χ0) is 29.2. The molecule has 0 spiro atoms. The van der Waals surface area contributed by atoms with Gasteiger partial charge in [-0.15, -0.1) is 0 Å². The average molecular weight is 555 g/mol. The average Bonchev–Trinajstić information content (AvgIpc) is 3.22. The second-order valence-corrected chi connectivity index (χ2v) is 8.76. The highest BCUT2D eigenvalue weighted by atomic mass is 19.4. The molecule has 208 valence electrons. The van der Waals surface area contributed by atoms with E-state index in [0.717, 1.165) is 28.1 Å². The van der Waals surface area contributed by atoms with Gasteiger partial charge >= 0.3 is 6.18 Å². The van der Waals surface area contributed by atoms with Crippen LogP contribution in [0.3, 0.4) is 0 Å². The fraction of sp³-hybridized carbons (Fsp3) is 0.179. The van der Waals surface area contributed by atoms with E-state index in [1.54, 1.807) is 36.4 Å². The number of methoxy groups -OCH3 is 2. The van der Waals surface area contributed by atoms with Gasteiger partial charge in [0.25, 0.3) is 5.91 Å². The highest BCUT2D eigenvalue weighted by Gasteiger charge is 2.41. The summed E-state index contributed by atoms with van der Waals surface area (Å²) in [6.45, 7) is 0. The summed E-state index contributed by atoms with van der Waals surface area (Å²) in [5, 5.41) is 0.725. The molecule has 40 heavy (non-hydrogen) atoms. The van der Waals surface area contributed by atoms with E-state index in [9.17, 15) is 27.6 Å². The molecule has 4 rings (SSSR count). The van der Waals surface area contributed by atoms with Crippen LogP contribution in [0.25, 0.3) is 11.3 Å². The largest absolute Gasteiger partial charge is 0.497 e. The number of alkyl halides is 3. The minimum atomic E-state index is -4.70. The highest BCUT2D eigenvalue weighted by Crippen LogP contribution is 2.48. The molecule has 0 atom stereocenters. The Labute approximate surface area is 227 Å². The lowest BCUT2D eigenvalue weighted by Crippen LogP contribution is -2.37. The number of rotatable bonds is 8. The fourth-order valence-corrected chi connectivity index (χ4v) is 4.32. The Balaban J connectivity index is 2.02. The van der Waals surface area contributed by atoms with E-state index in [-0.39, 0.29) is 41.1 Å². The van der Waals surface area contributed by atoms with Gasteiger partial charge in [0.2, 0.25) is 11.8 Å². The van der Waals surface area contributed by atoms with Crippen molar-refractivity contribution in [3.05, 3.63) is 83.4 Å². The molecule has 0 radical (unpaired) electrons. The molecular weight excluding hydrogens is 529 g/mol. The Bertz CT molecular complexity index is 1480. The maximum absolute atomic E-state index is 14.2. The normalized spacial score (nSPS) is 14.1. The van der Waals surface area contributed by atoms with Gasteiger partial charge in [-0.05, 0) is 12.1 Å². The SMILES string of the molecule is COc1cc(OC)cc(N2C(=O)/C(=C(/c3ccccc3)N(N)C(=O)CCC(N)=O)c3ccc(C(F)(F)F)cc32)c1. The second kappa shape index (κ2) is 11.1. The Hall–Kier alpha value is -4.84. The van der Waals surface area contributed by atoms with E-state index >= 15 is 0 Å². The number of hydrazine groups is 1.